The second kappa shape index (κ2) is 10.1. The number of nitrogens with zero attached hydrogens (tertiary/aromatic N) is 4. The van der Waals surface area contributed by atoms with Crippen LogP contribution in [-0.2, 0) is 0 Å². The highest BCUT2D eigenvalue weighted by atomic mass is 16.6. The second-order valence-electron chi connectivity index (χ2n) is 9.71. The lowest BCUT2D eigenvalue weighted by Crippen LogP contribution is -2.22. The monoisotopic (exact) mass is 550 g/mol. The van der Waals surface area contributed by atoms with Crippen molar-refractivity contribution in [3.63, 3.8) is 0 Å². The number of nitrogens with one attached hydrogen (secondary N) is 2. The third-order valence-corrected chi connectivity index (χ3v) is 7.07. The van der Waals surface area contributed by atoms with Crippen LogP contribution in [-0.4, -0.2) is 26.4 Å². The predicted octanol–water partition coefficient (Wildman–Crippen LogP) is 7.36. The number of benzene rings is 5. The fraction of sp³-hybridized carbons (Fsp3) is 0. The molecule has 1 amide bonds. The fourth-order valence-corrected chi connectivity index (χ4v) is 5.21. The summed E-state index contributed by atoms with van der Waals surface area (Å²) in [5.74, 6) is -0.00549. The third-order valence-electron chi connectivity index (χ3n) is 7.07. The zero-order valence-corrected chi connectivity index (χ0v) is 22.1. The van der Waals surface area contributed by atoms with E-state index < -0.39 is 10.8 Å². The zero-order valence-electron chi connectivity index (χ0n) is 22.1. The van der Waals surface area contributed by atoms with Crippen LogP contribution in [0.15, 0.2) is 126 Å². The van der Waals surface area contributed by atoms with Crippen molar-refractivity contribution < 1.29 is 9.72 Å². The van der Waals surface area contributed by atoms with Crippen molar-refractivity contribution in [3.8, 4) is 16.9 Å². The van der Waals surface area contributed by atoms with Gasteiger partial charge in [-0.3, -0.25) is 14.9 Å². The van der Waals surface area contributed by atoms with Gasteiger partial charge < -0.3 is 10.6 Å². The number of aliphatic imine (C=N–C) groups is 1. The highest BCUT2D eigenvalue weighted by molar-refractivity contribution is 6.24. The second-order valence-corrected chi connectivity index (χ2v) is 9.71. The van der Waals surface area contributed by atoms with Crippen molar-refractivity contribution in [2.75, 3.05) is 10.6 Å². The normalized spacial score (nSPS) is 12.0. The number of carbonyl (C=O) groups excluding carboxylic acids is 1. The van der Waals surface area contributed by atoms with E-state index in [1.54, 1.807) is 28.9 Å². The Morgan fingerprint density at radius 3 is 2.31 bits per heavy atom. The minimum absolute atomic E-state index is 0.0902. The van der Waals surface area contributed by atoms with Crippen molar-refractivity contribution in [2.24, 2.45) is 4.99 Å². The molecule has 42 heavy (non-hydrogen) atoms. The topological polar surface area (TPSA) is 114 Å². The van der Waals surface area contributed by atoms with Crippen LogP contribution in [0.5, 0.6) is 0 Å². The van der Waals surface area contributed by atoms with Crippen molar-refractivity contribution in [1.29, 1.82) is 0 Å². The molecule has 0 saturated carbocycles. The number of rotatable bonds is 6. The van der Waals surface area contributed by atoms with Gasteiger partial charge in [0.2, 0.25) is 0 Å². The number of nitro benzene ring substituents is 1. The lowest BCUT2D eigenvalue weighted by molar-refractivity contribution is -0.384. The molecule has 0 bridgehead atoms. The summed E-state index contributed by atoms with van der Waals surface area (Å²) < 4.78 is 1.57. The van der Waals surface area contributed by atoms with Gasteiger partial charge in [-0.1, -0.05) is 78.9 Å². The number of nitro groups is 1. The molecule has 0 fully saturated rings. The summed E-state index contributed by atoms with van der Waals surface area (Å²) in [5.41, 5.74) is 4.45. The fourth-order valence-electron chi connectivity index (χ4n) is 5.21. The smallest absolute Gasteiger partial charge is 0.276 e. The van der Waals surface area contributed by atoms with Gasteiger partial charge in [-0.05, 0) is 35.7 Å². The first-order valence-electron chi connectivity index (χ1n) is 13.2. The van der Waals surface area contributed by atoms with Gasteiger partial charge in [-0.2, -0.15) is 5.10 Å². The van der Waals surface area contributed by atoms with E-state index in [9.17, 15) is 14.9 Å². The number of anilines is 2. The van der Waals surface area contributed by atoms with Crippen LogP contribution < -0.4 is 10.6 Å². The van der Waals surface area contributed by atoms with Crippen LogP contribution in [0.3, 0.4) is 0 Å². The molecule has 0 radical (unpaired) electrons. The third kappa shape index (κ3) is 4.35. The molecule has 0 saturated heterocycles. The summed E-state index contributed by atoms with van der Waals surface area (Å²) in [7, 11) is 0. The molecule has 1 aliphatic heterocycles. The lowest BCUT2D eigenvalue weighted by Gasteiger charge is -2.20. The number of carbonyl (C=O) groups is 1. The molecule has 9 heteroatoms. The molecular weight excluding hydrogens is 528 g/mol. The van der Waals surface area contributed by atoms with Crippen molar-refractivity contribution in [2.45, 2.75) is 0 Å². The highest BCUT2D eigenvalue weighted by Crippen LogP contribution is 2.39. The Bertz CT molecular complexity index is 2030. The molecule has 1 aromatic heterocycles. The van der Waals surface area contributed by atoms with E-state index in [4.69, 9.17) is 10.1 Å². The van der Waals surface area contributed by atoms with Gasteiger partial charge in [0.05, 0.1) is 27.6 Å². The Labute approximate surface area is 239 Å². The molecule has 0 atom stereocenters. The lowest BCUT2D eigenvalue weighted by atomic mass is 10.0. The number of hydrogen-bond acceptors (Lipinski definition) is 6. The quantitative estimate of drug-likeness (QED) is 0.166. The molecule has 0 unspecified atom stereocenters. The first-order valence-corrected chi connectivity index (χ1v) is 13.2. The van der Waals surface area contributed by atoms with Crippen LogP contribution in [0.2, 0.25) is 0 Å². The minimum Gasteiger partial charge on any atom is -0.339 e. The van der Waals surface area contributed by atoms with E-state index >= 15 is 0 Å². The molecule has 0 aliphatic carbocycles. The maximum absolute atomic E-state index is 13.9. The highest BCUT2D eigenvalue weighted by Gasteiger charge is 2.31. The van der Waals surface area contributed by atoms with Crippen molar-refractivity contribution in [1.82, 2.24) is 9.78 Å². The number of para-hydroxylation sites is 1. The van der Waals surface area contributed by atoms with E-state index in [2.05, 4.69) is 10.6 Å². The molecular formula is C33H22N6O3. The molecule has 1 aliphatic rings. The van der Waals surface area contributed by atoms with Crippen LogP contribution in [0.1, 0.15) is 16.1 Å². The molecule has 2 heterocycles. The number of non-ortho nitro benzene ring substituents is 1. The van der Waals surface area contributed by atoms with Gasteiger partial charge in [0.1, 0.15) is 5.84 Å². The summed E-state index contributed by atoms with van der Waals surface area (Å²) in [5, 5.41) is 24.9. The first-order chi connectivity index (χ1) is 20.6. The summed E-state index contributed by atoms with van der Waals surface area (Å²) in [6.45, 7) is 0. The number of amidine groups is 1. The van der Waals surface area contributed by atoms with E-state index in [0.717, 1.165) is 27.7 Å². The molecule has 5 aromatic carbocycles. The first kappa shape index (κ1) is 24.9. The van der Waals surface area contributed by atoms with Crippen LogP contribution >= 0.6 is 0 Å². The van der Waals surface area contributed by atoms with E-state index in [1.807, 2.05) is 84.9 Å². The van der Waals surface area contributed by atoms with Crippen molar-refractivity contribution in [3.05, 3.63) is 143 Å². The standard InChI is InChI=1S/C33H22N6O3/c40-33(34-23-14-5-2-6-15-23)30-29(32-35-26-18-7-12-21-13-8-19-27(36-32)28(21)26)31(22-10-3-1-4-11-22)38(37-30)24-16-9-17-25(20-24)39(41)42/h1-20H,(H,34,40)(H,35,36). The molecule has 6 aromatic rings. The summed E-state index contributed by atoms with van der Waals surface area (Å²) in [6.07, 6.45) is 0. The average Bonchev–Trinajstić information content (AvgIpc) is 3.43. The summed E-state index contributed by atoms with van der Waals surface area (Å²) in [6, 6.07) is 36.6. The Kier molecular flexibility index (Phi) is 6.02. The van der Waals surface area contributed by atoms with Crippen LogP contribution in [0, 0.1) is 10.1 Å². The average molecular weight is 551 g/mol. The zero-order chi connectivity index (χ0) is 28.6. The Hall–Kier alpha value is -6.09. The summed E-state index contributed by atoms with van der Waals surface area (Å²) in [4.78, 5) is 30.1. The predicted molar refractivity (Wildman–Crippen MR) is 164 cm³/mol. The largest absolute Gasteiger partial charge is 0.339 e. The van der Waals surface area contributed by atoms with Gasteiger partial charge in [0, 0.05) is 34.5 Å². The number of hydrogen-bond donors (Lipinski definition) is 2. The summed E-state index contributed by atoms with van der Waals surface area (Å²) >= 11 is 0. The molecule has 0 spiro atoms. The Balaban J connectivity index is 1.51. The maximum Gasteiger partial charge on any atom is 0.276 e. The number of amides is 1. The Morgan fingerprint density at radius 2 is 1.55 bits per heavy atom. The SMILES string of the molecule is O=C(Nc1ccccc1)c1nn(-c2cccc([N+](=O)[O-])c2)c(-c2ccccc2)c1C1=Nc2cccc3cccc(c23)N1. The van der Waals surface area contributed by atoms with Gasteiger partial charge in [-0.25, -0.2) is 9.67 Å². The Morgan fingerprint density at radius 1 is 0.833 bits per heavy atom. The van der Waals surface area contributed by atoms with E-state index in [1.165, 1.54) is 12.1 Å². The van der Waals surface area contributed by atoms with Gasteiger partial charge in [0.25, 0.3) is 11.6 Å². The van der Waals surface area contributed by atoms with Gasteiger partial charge in [0.15, 0.2) is 5.69 Å². The van der Waals surface area contributed by atoms with Gasteiger partial charge in [-0.15, -0.1) is 0 Å². The van der Waals surface area contributed by atoms with Crippen LogP contribution in [0.25, 0.3) is 27.7 Å². The molecule has 7 rings (SSSR count). The van der Waals surface area contributed by atoms with Crippen LogP contribution in [0.4, 0.5) is 22.7 Å². The van der Waals surface area contributed by atoms with E-state index in [-0.39, 0.29) is 11.4 Å². The molecule has 2 N–H and O–H groups in total. The molecule has 202 valence electrons. The van der Waals surface area contributed by atoms with E-state index in [0.29, 0.717) is 28.5 Å². The minimum atomic E-state index is -0.455. The number of aromatic nitrogens is 2. The van der Waals surface area contributed by atoms with Gasteiger partial charge >= 0.3 is 0 Å². The van der Waals surface area contributed by atoms with Crippen molar-refractivity contribution >= 4 is 45.3 Å². The maximum atomic E-state index is 13.9. The molecule has 9 nitrogen and oxygen atoms in total.